The largest absolute Gasteiger partial charge is 0.496 e. The Hall–Kier alpha value is -2.50. The van der Waals surface area contributed by atoms with E-state index in [1.165, 1.54) is 6.20 Å². The van der Waals surface area contributed by atoms with Gasteiger partial charge in [-0.15, -0.1) is 0 Å². The Balaban J connectivity index is 2.18. The predicted octanol–water partition coefficient (Wildman–Crippen LogP) is 1.70. The molecule has 0 saturated carbocycles. The van der Waals surface area contributed by atoms with Crippen LogP contribution in [0.3, 0.4) is 0 Å². The maximum absolute atomic E-state index is 11.6. The number of ether oxygens (including phenoxy) is 2. The molecule has 0 aliphatic rings. The van der Waals surface area contributed by atoms with Crippen molar-refractivity contribution in [3.8, 4) is 5.75 Å². The van der Waals surface area contributed by atoms with Crippen LogP contribution in [-0.2, 0) is 11.3 Å². The highest BCUT2D eigenvalue weighted by Crippen LogP contribution is 2.22. The van der Waals surface area contributed by atoms with Crippen LogP contribution in [0.1, 0.15) is 22.8 Å². The monoisotopic (exact) mass is 275 g/mol. The summed E-state index contributed by atoms with van der Waals surface area (Å²) in [6.07, 6.45) is 3.12. The first-order valence-corrected chi connectivity index (χ1v) is 6.26. The van der Waals surface area contributed by atoms with Gasteiger partial charge in [-0.05, 0) is 25.1 Å². The molecule has 0 aliphatic carbocycles. The number of hydrogen-bond donors (Lipinski definition) is 1. The van der Waals surface area contributed by atoms with Gasteiger partial charge >= 0.3 is 5.97 Å². The van der Waals surface area contributed by atoms with E-state index in [0.29, 0.717) is 24.4 Å². The second-order valence-corrected chi connectivity index (χ2v) is 4.22. The molecule has 20 heavy (non-hydrogen) atoms. The molecular formula is C14H17N3O3. The van der Waals surface area contributed by atoms with Crippen LogP contribution < -0.4 is 10.5 Å². The Morgan fingerprint density at radius 3 is 2.95 bits per heavy atom. The van der Waals surface area contributed by atoms with E-state index in [9.17, 15) is 4.79 Å². The lowest BCUT2D eigenvalue weighted by atomic mass is 10.2. The van der Waals surface area contributed by atoms with Crippen molar-refractivity contribution >= 4 is 11.7 Å². The second-order valence-electron chi connectivity index (χ2n) is 4.22. The number of nitrogens with zero attached hydrogens (tertiary/aromatic N) is 2. The molecule has 106 valence electrons. The van der Waals surface area contributed by atoms with Gasteiger partial charge in [0.15, 0.2) is 0 Å². The van der Waals surface area contributed by atoms with Crippen molar-refractivity contribution in [2.45, 2.75) is 13.5 Å². The standard InChI is InChI=1S/C14H17N3O3/c1-3-20-14(18)11-7-16-17(9-11)8-10-6-12(15)4-5-13(10)19-2/h4-7,9H,3,8,15H2,1-2H3. The van der Waals surface area contributed by atoms with Gasteiger partial charge in [-0.2, -0.15) is 5.10 Å². The van der Waals surface area contributed by atoms with Crippen LogP contribution in [0.15, 0.2) is 30.6 Å². The van der Waals surface area contributed by atoms with Gasteiger partial charge in [0.2, 0.25) is 0 Å². The van der Waals surface area contributed by atoms with Crippen LogP contribution in [0.5, 0.6) is 5.75 Å². The second kappa shape index (κ2) is 6.10. The lowest BCUT2D eigenvalue weighted by Crippen LogP contribution is -2.05. The summed E-state index contributed by atoms with van der Waals surface area (Å²) in [5.41, 5.74) is 7.74. The average Bonchev–Trinajstić information content (AvgIpc) is 2.88. The van der Waals surface area contributed by atoms with Crippen molar-refractivity contribution in [2.75, 3.05) is 19.5 Å². The van der Waals surface area contributed by atoms with E-state index in [1.807, 2.05) is 6.07 Å². The third-order valence-electron chi connectivity index (χ3n) is 2.78. The first kappa shape index (κ1) is 13.9. The number of benzene rings is 1. The molecule has 0 bridgehead atoms. The van der Waals surface area contributed by atoms with E-state index in [0.717, 1.165) is 11.3 Å². The van der Waals surface area contributed by atoms with Gasteiger partial charge in [0, 0.05) is 17.4 Å². The molecule has 0 saturated heterocycles. The zero-order valence-corrected chi connectivity index (χ0v) is 11.5. The highest BCUT2D eigenvalue weighted by Gasteiger charge is 2.11. The fourth-order valence-corrected chi connectivity index (χ4v) is 1.87. The van der Waals surface area contributed by atoms with Crippen molar-refractivity contribution in [3.05, 3.63) is 41.7 Å². The minimum Gasteiger partial charge on any atom is -0.496 e. The summed E-state index contributed by atoms with van der Waals surface area (Å²) >= 11 is 0. The summed E-state index contributed by atoms with van der Waals surface area (Å²) < 4.78 is 11.8. The SMILES string of the molecule is CCOC(=O)c1cnn(Cc2cc(N)ccc2OC)c1. The van der Waals surface area contributed by atoms with Crippen LogP contribution >= 0.6 is 0 Å². The molecule has 1 heterocycles. The summed E-state index contributed by atoms with van der Waals surface area (Å²) in [7, 11) is 1.60. The van der Waals surface area contributed by atoms with Gasteiger partial charge < -0.3 is 15.2 Å². The van der Waals surface area contributed by atoms with Gasteiger partial charge in [-0.3, -0.25) is 4.68 Å². The molecule has 1 aromatic carbocycles. The number of carbonyl (C=O) groups excluding carboxylic acids is 1. The molecule has 2 rings (SSSR count). The fourth-order valence-electron chi connectivity index (χ4n) is 1.87. The van der Waals surface area contributed by atoms with Crippen LogP contribution in [0.4, 0.5) is 5.69 Å². The van der Waals surface area contributed by atoms with Crippen molar-refractivity contribution in [1.29, 1.82) is 0 Å². The molecule has 0 amide bonds. The van der Waals surface area contributed by atoms with Crippen molar-refractivity contribution in [2.24, 2.45) is 0 Å². The maximum Gasteiger partial charge on any atom is 0.341 e. The number of aromatic nitrogens is 2. The molecule has 6 heteroatoms. The number of esters is 1. The van der Waals surface area contributed by atoms with Crippen molar-refractivity contribution < 1.29 is 14.3 Å². The normalized spacial score (nSPS) is 10.3. The zero-order valence-electron chi connectivity index (χ0n) is 11.5. The first-order valence-electron chi connectivity index (χ1n) is 6.26. The van der Waals surface area contributed by atoms with E-state index in [-0.39, 0.29) is 5.97 Å². The Morgan fingerprint density at radius 1 is 1.45 bits per heavy atom. The number of anilines is 1. The van der Waals surface area contributed by atoms with Gasteiger partial charge in [0.1, 0.15) is 5.75 Å². The highest BCUT2D eigenvalue weighted by atomic mass is 16.5. The highest BCUT2D eigenvalue weighted by molar-refractivity contribution is 5.88. The van der Waals surface area contributed by atoms with Gasteiger partial charge in [-0.1, -0.05) is 0 Å². The molecule has 0 atom stereocenters. The third-order valence-corrected chi connectivity index (χ3v) is 2.78. The summed E-state index contributed by atoms with van der Waals surface area (Å²) in [4.78, 5) is 11.6. The lowest BCUT2D eigenvalue weighted by molar-refractivity contribution is 0.0526. The maximum atomic E-state index is 11.6. The number of carbonyl (C=O) groups is 1. The molecule has 1 aromatic heterocycles. The summed E-state index contributed by atoms with van der Waals surface area (Å²) in [5, 5.41) is 4.14. The predicted molar refractivity (Wildman–Crippen MR) is 74.7 cm³/mol. The minimum absolute atomic E-state index is 0.340. The van der Waals surface area contributed by atoms with Crippen LogP contribution in [0.2, 0.25) is 0 Å². The molecule has 2 N–H and O–H groups in total. The quantitative estimate of drug-likeness (QED) is 0.663. The van der Waals surface area contributed by atoms with E-state index in [2.05, 4.69) is 5.10 Å². The Morgan fingerprint density at radius 2 is 2.25 bits per heavy atom. The number of rotatable bonds is 5. The zero-order chi connectivity index (χ0) is 14.5. The smallest absolute Gasteiger partial charge is 0.341 e. The number of nitrogen functional groups attached to an aromatic ring is 1. The molecule has 0 radical (unpaired) electrons. The molecule has 0 unspecified atom stereocenters. The topological polar surface area (TPSA) is 79.4 Å². The van der Waals surface area contributed by atoms with Crippen molar-refractivity contribution in [1.82, 2.24) is 9.78 Å². The summed E-state index contributed by atoms with van der Waals surface area (Å²) in [6.45, 7) is 2.57. The Kier molecular flexibility index (Phi) is 4.24. The van der Waals surface area contributed by atoms with Crippen molar-refractivity contribution in [3.63, 3.8) is 0 Å². The average molecular weight is 275 g/mol. The summed E-state index contributed by atoms with van der Waals surface area (Å²) in [5.74, 6) is 0.352. The van der Waals surface area contributed by atoms with Gasteiger partial charge in [0.25, 0.3) is 0 Å². The Labute approximate surface area is 117 Å². The van der Waals surface area contributed by atoms with Crippen LogP contribution in [-0.4, -0.2) is 29.5 Å². The first-order chi connectivity index (χ1) is 9.63. The minimum atomic E-state index is -0.377. The van der Waals surface area contributed by atoms with E-state index in [4.69, 9.17) is 15.2 Å². The van der Waals surface area contributed by atoms with E-state index in [1.54, 1.807) is 37.0 Å². The fraction of sp³-hybridized carbons (Fsp3) is 0.286. The van der Waals surface area contributed by atoms with E-state index < -0.39 is 0 Å². The number of nitrogens with two attached hydrogens (primary N) is 1. The number of methoxy groups -OCH3 is 1. The van der Waals surface area contributed by atoms with Crippen LogP contribution in [0, 0.1) is 0 Å². The van der Waals surface area contributed by atoms with Gasteiger partial charge in [-0.25, -0.2) is 4.79 Å². The third kappa shape index (κ3) is 3.09. The Bertz CT molecular complexity index is 607. The molecule has 2 aromatic rings. The molecule has 0 fully saturated rings. The molecule has 0 spiro atoms. The van der Waals surface area contributed by atoms with E-state index >= 15 is 0 Å². The molecule has 6 nitrogen and oxygen atoms in total. The number of hydrogen-bond acceptors (Lipinski definition) is 5. The summed E-state index contributed by atoms with van der Waals surface area (Å²) in [6, 6.07) is 5.40. The van der Waals surface area contributed by atoms with Crippen LogP contribution in [0.25, 0.3) is 0 Å². The molecule has 0 aliphatic heterocycles. The lowest BCUT2D eigenvalue weighted by Gasteiger charge is -2.09. The molecular weight excluding hydrogens is 258 g/mol. The van der Waals surface area contributed by atoms with Gasteiger partial charge in [0.05, 0.1) is 32.0 Å².